The van der Waals surface area contributed by atoms with Gasteiger partial charge in [0.25, 0.3) is 11.8 Å². The van der Waals surface area contributed by atoms with Crippen LogP contribution in [0.5, 0.6) is 0 Å². The Hall–Kier alpha value is -1.49. The third-order valence-electron chi connectivity index (χ3n) is 4.84. The van der Waals surface area contributed by atoms with E-state index in [9.17, 15) is 9.59 Å². The van der Waals surface area contributed by atoms with Crippen molar-refractivity contribution < 1.29 is 9.59 Å². The molecular weight excluding hydrogens is 308 g/mol. The third-order valence-corrected chi connectivity index (χ3v) is 5.29. The Balaban J connectivity index is 2.19. The number of hydrogen-bond acceptors (Lipinski definition) is 3. The van der Waals surface area contributed by atoms with E-state index in [0.717, 1.165) is 0 Å². The van der Waals surface area contributed by atoms with E-state index >= 15 is 0 Å². The van der Waals surface area contributed by atoms with Crippen molar-refractivity contribution in [1.29, 1.82) is 0 Å². The first-order valence-electron chi connectivity index (χ1n) is 8.57. The number of nitrogens with zero attached hydrogens (tertiary/aromatic N) is 2. The zero-order valence-electron chi connectivity index (χ0n) is 14.2. The Morgan fingerprint density at radius 3 is 2.17 bits per heavy atom. The molecule has 0 radical (unpaired) electrons. The van der Waals surface area contributed by atoms with Crippen molar-refractivity contribution >= 4 is 29.1 Å². The van der Waals surface area contributed by atoms with E-state index in [1.165, 1.54) is 35.5 Å². The molecule has 2 fully saturated rings. The predicted octanol–water partition coefficient (Wildman–Crippen LogP) is 3.29. The summed E-state index contributed by atoms with van der Waals surface area (Å²) in [5, 5.41) is 0.312. The van der Waals surface area contributed by atoms with Crippen molar-refractivity contribution in [3.63, 3.8) is 0 Å². The van der Waals surface area contributed by atoms with Gasteiger partial charge in [-0.1, -0.05) is 38.3 Å². The summed E-state index contributed by atoms with van der Waals surface area (Å²) in [6.07, 6.45) is 10.7. The van der Waals surface area contributed by atoms with Crippen LogP contribution >= 0.6 is 12.2 Å². The quantitative estimate of drug-likeness (QED) is 0.450. The number of likely N-dealkylation sites (N-methyl/N-ethyl adjacent to an activating group) is 2. The maximum atomic E-state index is 12.5. The predicted molar refractivity (Wildman–Crippen MR) is 95.7 cm³/mol. The van der Waals surface area contributed by atoms with Gasteiger partial charge in [-0.15, -0.1) is 0 Å². The summed E-state index contributed by atoms with van der Waals surface area (Å²) in [6, 6.07) is 0. The van der Waals surface area contributed by atoms with Crippen molar-refractivity contribution in [2.45, 2.75) is 46.5 Å². The fourth-order valence-corrected chi connectivity index (χ4v) is 3.75. The van der Waals surface area contributed by atoms with Crippen LogP contribution in [-0.4, -0.2) is 39.8 Å². The average Bonchev–Trinajstić information content (AvgIpc) is 2.53. The smallest absolute Gasteiger partial charge is 0.265 e. The summed E-state index contributed by atoms with van der Waals surface area (Å²) in [5.74, 6) is 0.644. The first-order valence-corrected chi connectivity index (χ1v) is 8.98. The molecule has 2 unspecified atom stereocenters. The highest BCUT2D eigenvalue weighted by Crippen LogP contribution is 2.30. The zero-order valence-corrected chi connectivity index (χ0v) is 15.1. The van der Waals surface area contributed by atoms with E-state index in [1.54, 1.807) is 6.08 Å². The van der Waals surface area contributed by atoms with E-state index in [0.29, 0.717) is 30.0 Å². The van der Waals surface area contributed by atoms with Crippen LogP contribution in [0.4, 0.5) is 0 Å². The molecule has 0 spiro atoms. The lowest BCUT2D eigenvalue weighted by molar-refractivity contribution is -0.133. The van der Waals surface area contributed by atoms with Crippen LogP contribution in [0.3, 0.4) is 0 Å². The minimum absolute atomic E-state index is 0.210. The van der Waals surface area contributed by atoms with Crippen molar-refractivity contribution in [2.24, 2.45) is 11.8 Å². The Morgan fingerprint density at radius 2 is 1.65 bits per heavy atom. The summed E-state index contributed by atoms with van der Waals surface area (Å²) in [5.41, 5.74) is 0.210. The van der Waals surface area contributed by atoms with Gasteiger partial charge in [0.2, 0.25) is 0 Å². The second kappa shape index (κ2) is 7.86. The van der Waals surface area contributed by atoms with Gasteiger partial charge in [-0.05, 0) is 50.4 Å². The molecule has 1 aliphatic heterocycles. The summed E-state index contributed by atoms with van der Waals surface area (Å²) in [7, 11) is 0. The van der Waals surface area contributed by atoms with Crippen LogP contribution in [0.1, 0.15) is 46.5 Å². The number of amides is 2. The van der Waals surface area contributed by atoms with Crippen molar-refractivity contribution in [3.8, 4) is 0 Å². The molecule has 2 amide bonds. The highest BCUT2D eigenvalue weighted by atomic mass is 32.1. The zero-order chi connectivity index (χ0) is 17.0. The molecule has 23 heavy (non-hydrogen) atoms. The van der Waals surface area contributed by atoms with Gasteiger partial charge in [0.05, 0.1) is 0 Å². The van der Waals surface area contributed by atoms with Gasteiger partial charge < -0.3 is 0 Å². The Bertz CT molecular complexity index is 525. The van der Waals surface area contributed by atoms with Crippen molar-refractivity contribution in [2.75, 3.05) is 13.1 Å². The Labute approximate surface area is 144 Å². The first kappa shape index (κ1) is 17.9. The largest absolute Gasteiger partial charge is 0.285 e. The van der Waals surface area contributed by atoms with E-state index in [2.05, 4.69) is 13.0 Å². The van der Waals surface area contributed by atoms with E-state index in [4.69, 9.17) is 12.2 Å². The van der Waals surface area contributed by atoms with E-state index < -0.39 is 0 Å². The molecule has 0 aromatic rings. The van der Waals surface area contributed by atoms with Gasteiger partial charge in [-0.25, -0.2) is 0 Å². The van der Waals surface area contributed by atoms with Gasteiger partial charge in [-0.2, -0.15) is 0 Å². The molecule has 126 valence electrons. The average molecular weight is 334 g/mol. The minimum Gasteiger partial charge on any atom is -0.285 e. The molecule has 2 rings (SSSR count). The first-order chi connectivity index (χ1) is 11.0. The van der Waals surface area contributed by atoms with Crippen LogP contribution in [0.25, 0.3) is 0 Å². The van der Waals surface area contributed by atoms with Crippen LogP contribution in [0.2, 0.25) is 0 Å². The lowest BCUT2D eigenvalue weighted by atomic mass is 9.80. The summed E-state index contributed by atoms with van der Waals surface area (Å²) in [4.78, 5) is 27.9. The fraction of sp³-hybridized carbons (Fsp3) is 0.611. The molecule has 1 saturated carbocycles. The number of hydrogen-bond donors (Lipinski definition) is 0. The molecule has 0 bridgehead atoms. The maximum absolute atomic E-state index is 12.5. The summed E-state index contributed by atoms with van der Waals surface area (Å²) < 4.78 is 0. The molecule has 0 aromatic carbocycles. The molecule has 2 atom stereocenters. The molecule has 4 nitrogen and oxygen atoms in total. The molecule has 1 heterocycles. The van der Waals surface area contributed by atoms with Crippen molar-refractivity contribution in [3.05, 3.63) is 23.8 Å². The Kier molecular flexibility index (Phi) is 6.10. The second-order valence-electron chi connectivity index (χ2n) is 6.27. The van der Waals surface area contributed by atoms with E-state index in [1.807, 2.05) is 19.9 Å². The van der Waals surface area contributed by atoms with Gasteiger partial charge in [-0.3, -0.25) is 19.4 Å². The SMILES string of the molecule is CCN1C(=O)C(=C/C=C/C2CCCCC2C)C(=O)N(CC)C1=S. The normalized spacial score (nSPS) is 26.4. The number of allylic oxidation sites excluding steroid dienone is 3. The highest BCUT2D eigenvalue weighted by Gasteiger charge is 2.37. The van der Waals surface area contributed by atoms with Crippen molar-refractivity contribution in [1.82, 2.24) is 9.80 Å². The summed E-state index contributed by atoms with van der Waals surface area (Å²) >= 11 is 5.25. The lowest BCUT2D eigenvalue weighted by Crippen LogP contribution is -2.55. The van der Waals surface area contributed by atoms with Crippen LogP contribution < -0.4 is 0 Å². The van der Waals surface area contributed by atoms with E-state index in [-0.39, 0.29) is 17.4 Å². The summed E-state index contributed by atoms with van der Waals surface area (Å²) in [6.45, 7) is 6.95. The number of thiocarbonyl (C=S) groups is 1. The fourth-order valence-electron chi connectivity index (χ4n) is 3.33. The number of carbonyl (C=O) groups is 2. The molecule has 2 aliphatic rings. The number of rotatable bonds is 4. The van der Waals surface area contributed by atoms with Crippen LogP contribution in [-0.2, 0) is 9.59 Å². The topological polar surface area (TPSA) is 40.6 Å². The molecule has 1 saturated heterocycles. The lowest BCUT2D eigenvalue weighted by Gasteiger charge is -2.35. The van der Waals surface area contributed by atoms with Gasteiger partial charge in [0, 0.05) is 13.1 Å². The molecule has 0 aromatic heterocycles. The van der Waals surface area contributed by atoms with Crippen LogP contribution in [0.15, 0.2) is 23.8 Å². The highest BCUT2D eigenvalue weighted by molar-refractivity contribution is 7.80. The standard InChI is InChI=1S/C18H26N2O2S/c1-4-19-16(21)15(17(22)20(5-2)18(19)23)12-8-11-14-10-7-6-9-13(14)3/h8,11-14H,4-7,9-10H2,1-3H3/b11-8+. The number of carbonyl (C=O) groups excluding carboxylic acids is 2. The van der Waals surface area contributed by atoms with Crippen LogP contribution in [0, 0.1) is 11.8 Å². The second-order valence-corrected chi connectivity index (χ2v) is 6.64. The molecule has 5 heteroatoms. The molecule has 1 aliphatic carbocycles. The monoisotopic (exact) mass is 334 g/mol. The van der Waals surface area contributed by atoms with Gasteiger partial charge >= 0.3 is 0 Å². The molecular formula is C18H26N2O2S. The minimum atomic E-state index is -0.284. The third kappa shape index (κ3) is 3.71. The Morgan fingerprint density at radius 1 is 1.09 bits per heavy atom. The van der Waals surface area contributed by atoms with Gasteiger partial charge in [0.15, 0.2) is 5.11 Å². The maximum Gasteiger partial charge on any atom is 0.265 e. The van der Waals surface area contributed by atoms with Gasteiger partial charge in [0.1, 0.15) is 5.57 Å². The molecule has 0 N–H and O–H groups in total.